The minimum absolute atomic E-state index is 0.0632. The molecular weight excluding hydrogens is 322 g/mol. The predicted octanol–water partition coefficient (Wildman–Crippen LogP) is 2.12. The van der Waals surface area contributed by atoms with E-state index in [1.165, 1.54) is 5.56 Å². The molecule has 1 aliphatic carbocycles. The van der Waals surface area contributed by atoms with Gasteiger partial charge in [0.1, 0.15) is 0 Å². The molecule has 0 aromatic carbocycles. The molecule has 132 valence electrons. The first kappa shape index (κ1) is 17.4. The Hall–Kier alpha value is -1.40. The maximum absolute atomic E-state index is 12.6. The zero-order valence-electron chi connectivity index (χ0n) is 14.5. The van der Waals surface area contributed by atoms with Crippen molar-refractivity contribution in [2.45, 2.75) is 31.7 Å². The van der Waals surface area contributed by atoms with E-state index in [9.17, 15) is 9.59 Å². The molecule has 6 heteroatoms. The van der Waals surface area contributed by atoms with Gasteiger partial charge in [0.05, 0.1) is 12.0 Å². The van der Waals surface area contributed by atoms with Gasteiger partial charge in [-0.1, -0.05) is 0 Å². The Morgan fingerprint density at radius 2 is 2.12 bits per heavy atom. The first-order chi connectivity index (χ1) is 11.6. The second-order valence-electron chi connectivity index (χ2n) is 7.18. The highest BCUT2D eigenvalue weighted by Gasteiger charge is 2.36. The van der Waals surface area contributed by atoms with Crippen molar-refractivity contribution in [3.63, 3.8) is 0 Å². The van der Waals surface area contributed by atoms with Crippen molar-refractivity contribution in [3.8, 4) is 0 Å². The molecule has 1 N–H and O–H groups in total. The highest BCUT2D eigenvalue weighted by Crippen LogP contribution is 2.32. The SMILES string of the molecule is CN(C)C(CNC(=O)C1CCCN(C(=O)C2CC2)C1)c1ccsc1. The van der Waals surface area contributed by atoms with Crippen LogP contribution in [0, 0.1) is 11.8 Å². The fraction of sp³-hybridized carbons (Fsp3) is 0.667. The molecular formula is C18H27N3O2S. The molecule has 1 saturated heterocycles. The second-order valence-corrected chi connectivity index (χ2v) is 7.96. The van der Waals surface area contributed by atoms with Crippen LogP contribution in [0.25, 0.3) is 0 Å². The quantitative estimate of drug-likeness (QED) is 0.856. The third kappa shape index (κ3) is 4.16. The predicted molar refractivity (Wildman–Crippen MR) is 95.8 cm³/mol. The Balaban J connectivity index is 1.53. The molecule has 0 spiro atoms. The molecule has 2 atom stereocenters. The Morgan fingerprint density at radius 1 is 1.33 bits per heavy atom. The van der Waals surface area contributed by atoms with Gasteiger partial charge in [-0.05, 0) is 62.2 Å². The molecule has 3 rings (SSSR count). The monoisotopic (exact) mass is 349 g/mol. The highest BCUT2D eigenvalue weighted by molar-refractivity contribution is 7.07. The number of hydrogen-bond donors (Lipinski definition) is 1. The van der Waals surface area contributed by atoms with Gasteiger partial charge in [-0.15, -0.1) is 0 Å². The number of hydrogen-bond acceptors (Lipinski definition) is 4. The number of rotatable bonds is 6. The number of likely N-dealkylation sites (tertiary alicyclic amines) is 1. The molecule has 2 fully saturated rings. The molecule has 1 aromatic heterocycles. The van der Waals surface area contributed by atoms with Gasteiger partial charge in [0.15, 0.2) is 0 Å². The van der Waals surface area contributed by atoms with Crippen LogP contribution in [0.2, 0.25) is 0 Å². The fourth-order valence-electron chi connectivity index (χ4n) is 3.38. The van der Waals surface area contributed by atoms with E-state index in [4.69, 9.17) is 0 Å². The zero-order chi connectivity index (χ0) is 17.1. The standard InChI is InChI=1S/C18H27N3O2S/c1-20(2)16(15-7-9-24-12-15)10-19-17(22)14-4-3-8-21(11-14)18(23)13-5-6-13/h7,9,12-14,16H,3-6,8,10-11H2,1-2H3,(H,19,22). The minimum atomic E-state index is -0.0632. The lowest BCUT2D eigenvalue weighted by molar-refractivity contribution is -0.136. The summed E-state index contributed by atoms with van der Waals surface area (Å²) in [6.07, 6.45) is 3.86. The molecule has 1 saturated carbocycles. The van der Waals surface area contributed by atoms with E-state index in [0.717, 1.165) is 32.2 Å². The van der Waals surface area contributed by atoms with Crippen molar-refractivity contribution in [1.29, 1.82) is 0 Å². The van der Waals surface area contributed by atoms with Crippen LogP contribution in [0.1, 0.15) is 37.3 Å². The van der Waals surface area contributed by atoms with Crippen LogP contribution in [0.5, 0.6) is 0 Å². The number of carbonyl (C=O) groups excluding carboxylic acids is 2. The maximum atomic E-state index is 12.6. The normalized spacial score (nSPS) is 22.5. The smallest absolute Gasteiger partial charge is 0.225 e. The van der Waals surface area contributed by atoms with E-state index in [-0.39, 0.29) is 29.7 Å². The van der Waals surface area contributed by atoms with E-state index in [1.807, 2.05) is 19.0 Å². The van der Waals surface area contributed by atoms with Crippen molar-refractivity contribution >= 4 is 23.2 Å². The average molecular weight is 350 g/mol. The third-order valence-corrected chi connectivity index (χ3v) is 5.75. The first-order valence-corrected chi connectivity index (χ1v) is 9.75. The molecule has 2 unspecified atom stereocenters. The first-order valence-electron chi connectivity index (χ1n) is 8.81. The molecule has 2 aliphatic rings. The van der Waals surface area contributed by atoms with Gasteiger partial charge >= 0.3 is 0 Å². The number of piperidine rings is 1. The van der Waals surface area contributed by atoms with E-state index < -0.39 is 0 Å². The topological polar surface area (TPSA) is 52.7 Å². The molecule has 0 bridgehead atoms. The van der Waals surface area contributed by atoms with Gasteiger partial charge in [0, 0.05) is 25.6 Å². The summed E-state index contributed by atoms with van der Waals surface area (Å²) in [5.41, 5.74) is 1.24. The summed E-state index contributed by atoms with van der Waals surface area (Å²) in [4.78, 5) is 28.9. The summed E-state index contributed by atoms with van der Waals surface area (Å²) >= 11 is 1.68. The van der Waals surface area contributed by atoms with Gasteiger partial charge in [0.2, 0.25) is 11.8 Å². The minimum Gasteiger partial charge on any atom is -0.354 e. The number of likely N-dealkylation sites (N-methyl/N-ethyl adjacent to an activating group) is 1. The van der Waals surface area contributed by atoms with Gasteiger partial charge in [-0.2, -0.15) is 11.3 Å². The second kappa shape index (κ2) is 7.66. The number of nitrogens with zero attached hydrogens (tertiary/aromatic N) is 2. The van der Waals surface area contributed by atoms with Crippen molar-refractivity contribution in [3.05, 3.63) is 22.4 Å². The largest absolute Gasteiger partial charge is 0.354 e. The van der Waals surface area contributed by atoms with E-state index in [0.29, 0.717) is 13.1 Å². The van der Waals surface area contributed by atoms with Crippen LogP contribution in [-0.4, -0.2) is 55.3 Å². The van der Waals surface area contributed by atoms with Gasteiger partial charge in [-0.25, -0.2) is 0 Å². The number of carbonyl (C=O) groups is 2. The average Bonchev–Trinajstić information content (AvgIpc) is 3.30. The lowest BCUT2D eigenvalue weighted by Crippen LogP contribution is -2.47. The number of nitrogens with one attached hydrogen (secondary N) is 1. The van der Waals surface area contributed by atoms with E-state index in [1.54, 1.807) is 11.3 Å². The molecule has 24 heavy (non-hydrogen) atoms. The van der Waals surface area contributed by atoms with Crippen LogP contribution in [0.15, 0.2) is 16.8 Å². The van der Waals surface area contributed by atoms with Gasteiger partial charge in [0.25, 0.3) is 0 Å². The summed E-state index contributed by atoms with van der Waals surface area (Å²) in [5.74, 6) is 0.526. The van der Waals surface area contributed by atoms with Crippen LogP contribution in [0.4, 0.5) is 0 Å². The summed E-state index contributed by atoms with van der Waals surface area (Å²) < 4.78 is 0. The van der Waals surface area contributed by atoms with E-state index in [2.05, 4.69) is 27.0 Å². The summed E-state index contributed by atoms with van der Waals surface area (Å²) in [6.45, 7) is 2.01. The fourth-order valence-corrected chi connectivity index (χ4v) is 4.09. The Labute approximate surface area is 148 Å². The van der Waals surface area contributed by atoms with Crippen LogP contribution < -0.4 is 5.32 Å². The summed E-state index contributed by atoms with van der Waals surface area (Å²) in [7, 11) is 4.07. The van der Waals surface area contributed by atoms with Crippen molar-refractivity contribution in [1.82, 2.24) is 15.1 Å². The number of amides is 2. The molecule has 1 aliphatic heterocycles. The van der Waals surface area contributed by atoms with Crippen LogP contribution in [0.3, 0.4) is 0 Å². The Morgan fingerprint density at radius 3 is 2.75 bits per heavy atom. The summed E-state index contributed by atoms with van der Waals surface area (Å²) in [6, 6.07) is 2.30. The Kier molecular flexibility index (Phi) is 5.56. The van der Waals surface area contributed by atoms with Gasteiger partial charge < -0.3 is 15.1 Å². The van der Waals surface area contributed by atoms with Crippen molar-refractivity contribution in [2.24, 2.45) is 11.8 Å². The van der Waals surface area contributed by atoms with Crippen LogP contribution in [-0.2, 0) is 9.59 Å². The van der Waals surface area contributed by atoms with Gasteiger partial charge in [-0.3, -0.25) is 9.59 Å². The Bertz CT molecular complexity index is 569. The third-order valence-electron chi connectivity index (χ3n) is 5.05. The lowest BCUT2D eigenvalue weighted by atomic mass is 9.96. The molecule has 1 aromatic rings. The molecule has 2 heterocycles. The lowest BCUT2D eigenvalue weighted by Gasteiger charge is -2.33. The molecule has 5 nitrogen and oxygen atoms in total. The number of thiophene rings is 1. The van der Waals surface area contributed by atoms with Crippen molar-refractivity contribution < 1.29 is 9.59 Å². The van der Waals surface area contributed by atoms with Crippen molar-refractivity contribution in [2.75, 3.05) is 33.7 Å². The zero-order valence-corrected chi connectivity index (χ0v) is 15.3. The van der Waals surface area contributed by atoms with E-state index >= 15 is 0 Å². The van der Waals surface area contributed by atoms with Crippen LogP contribution >= 0.6 is 11.3 Å². The highest BCUT2D eigenvalue weighted by atomic mass is 32.1. The maximum Gasteiger partial charge on any atom is 0.225 e. The molecule has 0 radical (unpaired) electrons. The molecule has 2 amide bonds. The summed E-state index contributed by atoms with van der Waals surface area (Å²) in [5, 5.41) is 7.31.